The second kappa shape index (κ2) is 11.1. The highest BCUT2D eigenvalue weighted by molar-refractivity contribution is 8.01. The number of cyclic esters (lactones) is 1. The zero-order chi connectivity index (χ0) is 22.3. The van der Waals surface area contributed by atoms with Gasteiger partial charge in [-0.2, -0.15) is 0 Å². The lowest BCUT2D eigenvalue weighted by atomic mass is 9.81. The van der Waals surface area contributed by atoms with E-state index >= 15 is 0 Å². The predicted octanol–water partition coefficient (Wildman–Crippen LogP) is 4.23. The quantitative estimate of drug-likeness (QED) is 0.274. The van der Waals surface area contributed by atoms with E-state index in [9.17, 15) is 19.1 Å². The Bertz CT molecular complexity index is 755. The summed E-state index contributed by atoms with van der Waals surface area (Å²) in [5.41, 5.74) is -0.383. The van der Waals surface area contributed by atoms with Crippen LogP contribution in [-0.4, -0.2) is 69.4 Å². The molecule has 1 aliphatic heterocycles. The van der Waals surface area contributed by atoms with Gasteiger partial charge in [0, 0.05) is 17.7 Å². The Labute approximate surface area is 184 Å². The fourth-order valence-corrected chi connectivity index (χ4v) is 4.94. The number of alkyl halides is 1. The van der Waals surface area contributed by atoms with E-state index in [0.717, 1.165) is 0 Å². The van der Waals surface area contributed by atoms with Gasteiger partial charge in [0.1, 0.15) is 6.10 Å². The predicted molar refractivity (Wildman–Crippen MR) is 115 cm³/mol. The van der Waals surface area contributed by atoms with E-state index < -0.39 is 23.6 Å². The third-order valence-electron chi connectivity index (χ3n) is 5.12. The zero-order valence-corrected chi connectivity index (χ0v) is 19.0. The lowest BCUT2D eigenvalue weighted by molar-refractivity contribution is 0.0690. The van der Waals surface area contributed by atoms with Crippen molar-refractivity contribution in [1.82, 2.24) is 9.88 Å². The largest absolute Gasteiger partial charge is 0.476 e. The summed E-state index contributed by atoms with van der Waals surface area (Å²) >= 11 is 2.63. The van der Waals surface area contributed by atoms with E-state index in [1.807, 2.05) is 13.8 Å². The molecule has 1 aromatic heterocycles. The Balaban J connectivity index is 1.93. The molecule has 0 bridgehead atoms. The number of thioether (sulfide) groups is 1. The molecule has 1 saturated heterocycles. The van der Waals surface area contributed by atoms with Crippen molar-refractivity contribution >= 4 is 35.2 Å². The summed E-state index contributed by atoms with van der Waals surface area (Å²) in [7, 11) is 0. The maximum absolute atomic E-state index is 12.3. The number of aliphatic hydroxyl groups excluding tert-OH is 1. The number of thiazole rings is 1. The number of carbonyl (C=O) groups excluding carboxylic acids is 1. The highest BCUT2D eigenvalue weighted by atomic mass is 32.2. The second-order valence-corrected chi connectivity index (χ2v) is 10.1. The number of ether oxygens (including phenoxy) is 1. The van der Waals surface area contributed by atoms with Gasteiger partial charge in [0.15, 0.2) is 10.0 Å². The summed E-state index contributed by atoms with van der Waals surface area (Å²) in [4.78, 5) is 28.8. The third-order valence-corrected chi connectivity index (χ3v) is 7.12. The molecule has 1 unspecified atom stereocenters. The van der Waals surface area contributed by atoms with Crippen LogP contribution < -0.4 is 0 Å². The molecule has 0 saturated carbocycles. The smallest absolute Gasteiger partial charge is 0.410 e. The number of halogens is 1. The Hall–Kier alpha value is -1.65. The van der Waals surface area contributed by atoms with Crippen LogP contribution in [-0.2, 0) is 4.74 Å². The minimum atomic E-state index is -1.06. The summed E-state index contributed by atoms with van der Waals surface area (Å²) in [5, 5.41) is 21.0. The molecular formula is C20H29FN2O5S2. The van der Waals surface area contributed by atoms with Gasteiger partial charge >= 0.3 is 12.1 Å². The fourth-order valence-electron chi connectivity index (χ4n) is 3.13. The number of aliphatic hydroxyl groups is 1. The van der Waals surface area contributed by atoms with Gasteiger partial charge in [0.05, 0.1) is 18.8 Å². The molecule has 1 fully saturated rings. The number of unbranched alkanes of at least 4 members (excludes halogenated alkanes) is 1. The molecule has 0 aromatic carbocycles. The molecule has 3 atom stereocenters. The number of rotatable bonds is 12. The van der Waals surface area contributed by atoms with Crippen molar-refractivity contribution in [1.29, 1.82) is 0 Å². The molecule has 1 aromatic rings. The molecule has 168 valence electrons. The van der Waals surface area contributed by atoms with Gasteiger partial charge in [0.2, 0.25) is 0 Å². The van der Waals surface area contributed by atoms with Crippen molar-refractivity contribution in [3.8, 4) is 0 Å². The van der Waals surface area contributed by atoms with Gasteiger partial charge in [0.25, 0.3) is 0 Å². The molecule has 0 aliphatic carbocycles. The molecule has 1 aliphatic rings. The minimum Gasteiger partial charge on any atom is -0.476 e. The van der Waals surface area contributed by atoms with Crippen molar-refractivity contribution in [2.75, 3.05) is 19.0 Å². The molecular weight excluding hydrogens is 431 g/mol. The van der Waals surface area contributed by atoms with Crippen molar-refractivity contribution in [3.63, 3.8) is 0 Å². The normalized spacial score (nSPS) is 20.7. The Kier molecular flexibility index (Phi) is 9.11. The maximum atomic E-state index is 12.3. The average molecular weight is 461 g/mol. The molecule has 2 heterocycles. The summed E-state index contributed by atoms with van der Waals surface area (Å²) in [6.45, 7) is 5.73. The van der Waals surface area contributed by atoms with Gasteiger partial charge in [-0.25, -0.2) is 14.6 Å². The van der Waals surface area contributed by atoms with Crippen LogP contribution in [0.5, 0.6) is 0 Å². The number of aromatic nitrogens is 1. The molecule has 2 rings (SSSR count). The number of nitrogens with zero attached hydrogens (tertiary/aromatic N) is 2. The van der Waals surface area contributed by atoms with Crippen molar-refractivity contribution in [3.05, 3.63) is 23.2 Å². The van der Waals surface area contributed by atoms with Crippen molar-refractivity contribution < 1.29 is 28.9 Å². The number of carbonyl (C=O) groups is 2. The van der Waals surface area contributed by atoms with Crippen LogP contribution in [0.25, 0.3) is 0 Å². The first-order valence-electron chi connectivity index (χ1n) is 9.87. The number of carboxylic acids is 1. The van der Waals surface area contributed by atoms with Gasteiger partial charge in [-0.1, -0.05) is 44.2 Å². The Morgan fingerprint density at radius 3 is 2.87 bits per heavy atom. The van der Waals surface area contributed by atoms with E-state index in [0.29, 0.717) is 35.9 Å². The number of hydrogen-bond acceptors (Lipinski definition) is 7. The van der Waals surface area contributed by atoms with Crippen molar-refractivity contribution in [2.45, 2.75) is 62.6 Å². The van der Waals surface area contributed by atoms with Gasteiger partial charge in [-0.15, -0.1) is 11.3 Å². The first-order valence-corrected chi connectivity index (χ1v) is 11.7. The van der Waals surface area contributed by atoms with E-state index in [-0.39, 0.29) is 24.5 Å². The van der Waals surface area contributed by atoms with Gasteiger partial charge < -0.3 is 14.9 Å². The molecule has 7 nitrogen and oxygen atoms in total. The molecule has 0 spiro atoms. The number of aromatic carboxylic acids is 1. The summed E-state index contributed by atoms with van der Waals surface area (Å²) in [6.07, 6.45) is 3.90. The number of hydrogen-bond donors (Lipinski definition) is 2. The maximum Gasteiger partial charge on any atom is 0.410 e. The third kappa shape index (κ3) is 6.68. The van der Waals surface area contributed by atoms with Gasteiger partial charge in [-0.05, 0) is 25.2 Å². The highest BCUT2D eigenvalue weighted by Gasteiger charge is 2.37. The first kappa shape index (κ1) is 24.6. The Morgan fingerprint density at radius 1 is 1.50 bits per heavy atom. The Morgan fingerprint density at radius 2 is 2.23 bits per heavy atom. The van der Waals surface area contributed by atoms with Crippen LogP contribution >= 0.6 is 23.1 Å². The van der Waals surface area contributed by atoms with Crippen LogP contribution in [0.1, 0.15) is 50.5 Å². The van der Waals surface area contributed by atoms with E-state index in [1.54, 1.807) is 24.0 Å². The van der Waals surface area contributed by atoms with E-state index in [1.165, 1.54) is 28.5 Å². The van der Waals surface area contributed by atoms with Crippen LogP contribution in [0.4, 0.5) is 9.18 Å². The van der Waals surface area contributed by atoms with Crippen LogP contribution in [0, 0.1) is 5.41 Å². The fraction of sp³-hybridized carbons (Fsp3) is 0.650. The van der Waals surface area contributed by atoms with Crippen LogP contribution in [0.2, 0.25) is 0 Å². The summed E-state index contributed by atoms with van der Waals surface area (Å²) in [5.74, 6) is -0.526. The van der Waals surface area contributed by atoms with Crippen molar-refractivity contribution in [2.24, 2.45) is 5.41 Å². The van der Waals surface area contributed by atoms with Crippen LogP contribution in [0.3, 0.4) is 0 Å². The average Bonchev–Trinajstić information content (AvgIpc) is 3.25. The molecule has 2 N–H and O–H groups in total. The second-order valence-electron chi connectivity index (χ2n) is 7.89. The molecule has 0 radical (unpaired) electrons. The SMILES string of the molecule is C[C@@H]1OC(=O)N(CCSc2nc(C(=O)O)cs2)[C@H]1C=CC(O)C(C)(C)CCCCF. The lowest BCUT2D eigenvalue weighted by Gasteiger charge is -2.29. The zero-order valence-electron chi connectivity index (χ0n) is 17.4. The summed E-state index contributed by atoms with van der Waals surface area (Å²) < 4.78 is 18.3. The molecule has 30 heavy (non-hydrogen) atoms. The highest BCUT2D eigenvalue weighted by Crippen LogP contribution is 2.30. The molecule has 10 heteroatoms. The standard InChI is InChI=1S/C20H29FN2O5S2/c1-13-15(6-7-16(24)20(2,3)8-4-5-9-21)23(19(27)28-13)10-11-29-18-22-14(12-30-18)17(25)26/h6-7,12-13,15-16,24H,4-5,8-11H2,1-3H3,(H,25,26)/t13-,15-,16?/m0/s1. The minimum absolute atomic E-state index is 0.0145. The van der Waals surface area contributed by atoms with E-state index in [4.69, 9.17) is 9.84 Å². The number of carboxylic acid groups (broad SMARTS) is 1. The van der Waals surface area contributed by atoms with Crippen LogP contribution in [0.15, 0.2) is 21.9 Å². The topological polar surface area (TPSA) is 100.0 Å². The first-order chi connectivity index (χ1) is 14.2. The lowest BCUT2D eigenvalue weighted by Crippen LogP contribution is -2.36. The number of amides is 1. The van der Waals surface area contributed by atoms with E-state index in [2.05, 4.69) is 4.98 Å². The molecule has 1 amide bonds. The summed E-state index contributed by atoms with van der Waals surface area (Å²) in [6, 6.07) is -0.305. The van der Waals surface area contributed by atoms with Gasteiger partial charge in [-0.3, -0.25) is 9.29 Å². The monoisotopic (exact) mass is 460 g/mol.